The van der Waals surface area contributed by atoms with Crippen LogP contribution >= 0.6 is 24.0 Å². The minimum atomic E-state index is 0. The SMILES string of the molecule is CCCCCOc1cc(C)ccc1CNC(=NC)NCc1ccnn1C.I. The predicted octanol–water partition coefficient (Wildman–Crippen LogP) is 3.78. The molecule has 0 spiro atoms. The first-order chi connectivity index (χ1) is 12.6. The lowest BCUT2D eigenvalue weighted by Gasteiger charge is -2.15. The molecule has 2 N–H and O–H groups in total. The first-order valence-corrected chi connectivity index (χ1v) is 9.27. The molecule has 2 aromatic rings. The lowest BCUT2D eigenvalue weighted by atomic mass is 10.1. The molecular formula is C20H32IN5O. The highest BCUT2D eigenvalue weighted by Gasteiger charge is 2.07. The van der Waals surface area contributed by atoms with Gasteiger partial charge in [-0.05, 0) is 31.0 Å². The number of unbranched alkanes of at least 4 members (excludes halogenated alkanes) is 2. The van der Waals surface area contributed by atoms with Crippen LogP contribution in [-0.2, 0) is 20.1 Å². The zero-order chi connectivity index (χ0) is 18.8. The minimum Gasteiger partial charge on any atom is -0.493 e. The number of hydrogen-bond donors (Lipinski definition) is 2. The smallest absolute Gasteiger partial charge is 0.191 e. The number of aromatic nitrogens is 2. The maximum absolute atomic E-state index is 6.01. The molecule has 0 aliphatic heterocycles. The monoisotopic (exact) mass is 485 g/mol. The van der Waals surface area contributed by atoms with Gasteiger partial charge in [0.1, 0.15) is 5.75 Å². The molecule has 2 rings (SSSR count). The van der Waals surface area contributed by atoms with E-state index in [1.807, 2.05) is 17.8 Å². The highest BCUT2D eigenvalue weighted by molar-refractivity contribution is 14.0. The van der Waals surface area contributed by atoms with Crippen molar-refractivity contribution in [2.75, 3.05) is 13.7 Å². The molecule has 150 valence electrons. The second-order valence-electron chi connectivity index (χ2n) is 6.39. The van der Waals surface area contributed by atoms with Crippen LogP contribution in [0.5, 0.6) is 5.75 Å². The Balaban J connectivity index is 0.00000364. The van der Waals surface area contributed by atoms with Crippen molar-refractivity contribution in [2.45, 2.75) is 46.2 Å². The second kappa shape index (κ2) is 12.6. The lowest BCUT2D eigenvalue weighted by molar-refractivity contribution is 0.303. The second-order valence-corrected chi connectivity index (χ2v) is 6.39. The number of aliphatic imine (C=N–C) groups is 1. The fourth-order valence-electron chi connectivity index (χ4n) is 2.62. The van der Waals surface area contributed by atoms with Crippen LogP contribution in [0.3, 0.4) is 0 Å². The highest BCUT2D eigenvalue weighted by atomic mass is 127. The highest BCUT2D eigenvalue weighted by Crippen LogP contribution is 2.20. The summed E-state index contributed by atoms with van der Waals surface area (Å²) >= 11 is 0. The van der Waals surface area contributed by atoms with Crippen LogP contribution in [0.4, 0.5) is 0 Å². The van der Waals surface area contributed by atoms with E-state index in [4.69, 9.17) is 4.74 Å². The third-order valence-electron chi connectivity index (χ3n) is 4.26. The Morgan fingerprint density at radius 3 is 2.63 bits per heavy atom. The summed E-state index contributed by atoms with van der Waals surface area (Å²) < 4.78 is 7.86. The predicted molar refractivity (Wildman–Crippen MR) is 122 cm³/mol. The average molecular weight is 485 g/mol. The zero-order valence-corrected chi connectivity index (χ0v) is 19.1. The van der Waals surface area contributed by atoms with Gasteiger partial charge in [-0.2, -0.15) is 5.10 Å². The Kier molecular flexibility index (Phi) is 10.8. The standard InChI is InChI=1S/C20H31N5O.HI/c1-5-6-7-12-26-19-13-16(2)8-9-17(19)14-22-20(21-3)23-15-18-10-11-24-25(18)4;/h8-11,13H,5-7,12,14-15H2,1-4H3,(H2,21,22,23);1H. The first-order valence-electron chi connectivity index (χ1n) is 9.27. The molecule has 0 unspecified atom stereocenters. The van der Waals surface area contributed by atoms with Gasteiger partial charge < -0.3 is 15.4 Å². The number of rotatable bonds is 9. The van der Waals surface area contributed by atoms with Gasteiger partial charge in [-0.3, -0.25) is 9.67 Å². The van der Waals surface area contributed by atoms with Gasteiger partial charge in [0, 0.05) is 32.4 Å². The number of guanidine groups is 1. The molecule has 7 heteroatoms. The third-order valence-corrected chi connectivity index (χ3v) is 4.26. The van der Waals surface area contributed by atoms with Crippen LogP contribution in [0.15, 0.2) is 35.5 Å². The van der Waals surface area contributed by atoms with Gasteiger partial charge in [0.15, 0.2) is 5.96 Å². The van der Waals surface area contributed by atoms with E-state index in [0.29, 0.717) is 13.1 Å². The van der Waals surface area contributed by atoms with Crippen LogP contribution in [0.1, 0.15) is 43.0 Å². The van der Waals surface area contributed by atoms with E-state index >= 15 is 0 Å². The van der Waals surface area contributed by atoms with Crippen LogP contribution in [0, 0.1) is 6.92 Å². The van der Waals surface area contributed by atoms with E-state index in [1.54, 1.807) is 13.2 Å². The average Bonchev–Trinajstić information content (AvgIpc) is 3.05. The fraction of sp³-hybridized carbons (Fsp3) is 0.500. The van der Waals surface area contributed by atoms with Crippen molar-refractivity contribution < 1.29 is 4.74 Å². The van der Waals surface area contributed by atoms with Crippen molar-refractivity contribution in [3.63, 3.8) is 0 Å². The molecule has 0 fully saturated rings. The molecule has 0 aliphatic carbocycles. The number of ether oxygens (including phenoxy) is 1. The molecule has 0 amide bonds. The summed E-state index contributed by atoms with van der Waals surface area (Å²) in [7, 11) is 3.71. The van der Waals surface area contributed by atoms with E-state index in [2.05, 4.69) is 52.8 Å². The molecule has 0 saturated heterocycles. The van der Waals surface area contributed by atoms with Gasteiger partial charge in [-0.25, -0.2) is 0 Å². The van der Waals surface area contributed by atoms with Crippen molar-refractivity contribution in [1.29, 1.82) is 0 Å². The van der Waals surface area contributed by atoms with Crippen molar-refractivity contribution in [1.82, 2.24) is 20.4 Å². The summed E-state index contributed by atoms with van der Waals surface area (Å²) in [4.78, 5) is 4.29. The molecule has 0 radical (unpaired) electrons. The molecule has 1 heterocycles. The summed E-state index contributed by atoms with van der Waals surface area (Å²) in [6.07, 6.45) is 5.28. The Hall–Kier alpha value is -1.77. The number of halogens is 1. The summed E-state index contributed by atoms with van der Waals surface area (Å²) in [5, 5.41) is 10.8. The van der Waals surface area contributed by atoms with Gasteiger partial charge in [0.2, 0.25) is 0 Å². The molecule has 27 heavy (non-hydrogen) atoms. The van der Waals surface area contributed by atoms with E-state index in [1.165, 1.54) is 18.4 Å². The number of aryl methyl sites for hydroxylation is 2. The molecule has 6 nitrogen and oxygen atoms in total. The first kappa shape index (κ1) is 23.3. The lowest BCUT2D eigenvalue weighted by Crippen LogP contribution is -2.36. The molecule has 0 bridgehead atoms. The third kappa shape index (κ3) is 7.78. The maximum atomic E-state index is 6.01. The largest absolute Gasteiger partial charge is 0.493 e. The van der Waals surface area contributed by atoms with Gasteiger partial charge in [-0.1, -0.05) is 31.9 Å². The summed E-state index contributed by atoms with van der Waals surface area (Å²) in [5.41, 5.74) is 3.44. The van der Waals surface area contributed by atoms with E-state index in [9.17, 15) is 0 Å². The number of benzene rings is 1. The molecule has 1 aromatic heterocycles. The molecular weight excluding hydrogens is 453 g/mol. The van der Waals surface area contributed by atoms with Crippen molar-refractivity contribution >= 4 is 29.9 Å². The Labute approximate surface area is 179 Å². The molecule has 0 saturated carbocycles. The zero-order valence-electron chi connectivity index (χ0n) is 16.8. The van der Waals surface area contributed by atoms with E-state index in [0.717, 1.165) is 36.0 Å². The van der Waals surface area contributed by atoms with Crippen LogP contribution < -0.4 is 15.4 Å². The van der Waals surface area contributed by atoms with E-state index in [-0.39, 0.29) is 24.0 Å². The van der Waals surface area contributed by atoms with Gasteiger partial charge in [0.05, 0.1) is 18.8 Å². The fourth-order valence-corrected chi connectivity index (χ4v) is 2.62. The maximum Gasteiger partial charge on any atom is 0.191 e. The quantitative estimate of drug-likeness (QED) is 0.246. The molecule has 1 aromatic carbocycles. The van der Waals surface area contributed by atoms with Gasteiger partial charge >= 0.3 is 0 Å². The summed E-state index contributed by atoms with van der Waals surface area (Å²) in [6, 6.07) is 8.32. The number of hydrogen-bond acceptors (Lipinski definition) is 3. The Morgan fingerprint density at radius 2 is 1.96 bits per heavy atom. The topological polar surface area (TPSA) is 63.5 Å². The summed E-state index contributed by atoms with van der Waals surface area (Å²) in [6.45, 7) is 6.38. The van der Waals surface area contributed by atoms with Crippen LogP contribution in [-0.4, -0.2) is 29.4 Å². The minimum absolute atomic E-state index is 0. The number of nitrogens with zero attached hydrogens (tertiary/aromatic N) is 3. The molecule has 0 atom stereocenters. The van der Waals surface area contributed by atoms with Crippen molar-refractivity contribution in [2.24, 2.45) is 12.0 Å². The Morgan fingerprint density at radius 1 is 1.19 bits per heavy atom. The van der Waals surface area contributed by atoms with Crippen molar-refractivity contribution in [3.05, 3.63) is 47.3 Å². The normalized spacial score (nSPS) is 11.0. The van der Waals surface area contributed by atoms with Crippen LogP contribution in [0.2, 0.25) is 0 Å². The summed E-state index contributed by atoms with van der Waals surface area (Å²) in [5.74, 6) is 1.71. The van der Waals surface area contributed by atoms with Gasteiger partial charge in [-0.15, -0.1) is 24.0 Å². The number of nitrogens with one attached hydrogen (secondary N) is 2. The van der Waals surface area contributed by atoms with Crippen molar-refractivity contribution in [3.8, 4) is 5.75 Å². The van der Waals surface area contributed by atoms with Crippen LogP contribution in [0.25, 0.3) is 0 Å². The van der Waals surface area contributed by atoms with Gasteiger partial charge in [0.25, 0.3) is 0 Å². The molecule has 0 aliphatic rings. The van der Waals surface area contributed by atoms with E-state index < -0.39 is 0 Å². The Bertz CT molecular complexity index is 714.